The molecule has 1 N–H and O–H groups in total. The summed E-state index contributed by atoms with van der Waals surface area (Å²) in [5.74, 6) is 0.496. The van der Waals surface area contributed by atoms with Crippen molar-refractivity contribution in [1.29, 1.82) is 0 Å². The summed E-state index contributed by atoms with van der Waals surface area (Å²) >= 11 is 6.35. The van der Waals surface area contributed by atoms with Crippen LogP contribution in [0.25, 0.3) is 16.8 Å². The lowest BCUT2D eigenvalue weighted by Crippen LogP contribution is -2.34. The minimum atomic E-state index is -0.843. The van der Waals surface area contributed by atoms with E-state index in [9.17, 15) is 9.59 Å². The van der Waals surface area contributed by atoms with E-state index in [4.69, 9.17) is 16.3 Å². The fourth-order valence-electron chi connectivity index (χ4n) is 3.15. The zero-order valence-electron chi connectivity index (χ0n) is 18.8. The normalized spacial score (nSPS) is 12.7. The molecular weight excluding hydrogens is 448 g/mol. The van der Waals surface area contributed by atoms with E-state index in [1.807, 2.05) is 0 Å². The number of rotatable bonds is 5. The van der Waals surface area contributed by atoms with Crippen LogP contribution in [0.4, 0.5) is 11.8 Å². The Morgan fingerprint density at radius 3 is 2.70 bits per heavy atom. The third-order valence-corrected chi connectivity index (χ3v) is 5.07. The Morgan fingerprint density at radius 1 is 1.27 bits per heavy atom. The summed E-state index contributed by atoms with van der Waals surface area (Å²) in [5, 5.41) is 11.7. The first-order valence-electron chi connectivity index (χ1n) is 10.1. The Hall–Kier alpha value is -3.73. The van der Waals surface area contributed by atoms with Gasteiger partial charge in [0.05, 0.1) is 23.1 Å². The first-order valence-corrected chi connectivity index (χ1v) is 10.5. The molecular formula is C21H23ClN8O3. The van der Waals surface area contributed by atoms with Crippen LogP contribution in [0.3, 0.4) is 0 Å². The first-order chi connectivity index (χ1) is 15.5. The van der Waals surface area contributed by atoms with E-state index in [1.165, 1.54) is 21.6 Å². The zero-order valence-corrected chi connectivity index (χ0v) is 19.5. The molecule has 11 nitrogen and oxygen atoms in total. The maximum absolute atomic E-state index is 13.1. The van der Waals surface area contributed by atoms with Crippen molar-refractivity contribution < 1.29 is 9.53 Å². The van der Waals surface area contributed by atoms with E-state index in [2.05, 4.69) is 25.5 Å². The van der Waals surface area contributed by atoms with Crippen LogP contribution in [-0.4, -0.2) is 45.5 Å². The number of halogens is 1. The molecule has 0 fully saturated rings. The minimum absolute atomic E-state index is 0.263. The minimum Gasteiger partial charge on any atom is -0.458 e. The van der Waals surface area contributed by atoms with E-state index in [0.717, 1.165) is 0 Å². The summed E-state index contributed by atoms with van der Waals surface area (Å²) in [4.78, 5) is 34.2. The Bertz CT molecular complexity index is 1400. The Labute approximate surface area is 194 Å². The largest absolute Gasteiger partial charge is 0.458 e. The summed E-state index contributed by atoms with van der Waals surface area (Å²) in [5.41, 5.74) is 0.196. The van der Waals surface area contributed by atoms with Crippen LogP contribution < -0.4 is 10.9 Å². The number of aromatic nitrogens is 7. The lowest BCUT2D eigenvalue weighted by molar-refractivity contribution is -0.158. The fraction of sp³-hybridized carbons (Fsp3) is 0.333. The number of fused-ring (bicyclic) bond motifs is 1. The fourth-order valence-corrected chi connectivity index (χ4v) is 3.35. The van der Waals surface area contributed by atoms with Gasteiger partial charge in [-0.15, -0.1) is 0 Å². The molecule has 4 rings (SSSR count). The molecule has 33 heavy (non-hydrogen) atoms. The highest BCUT2D eigenvalue weighted by atomic mass is 35.5. The molecule has 0 aliphatic carbocycles. The van der Waals surface area contributed by atoms with Gasteiger partial charge in [-0.05, 0) is 33.8 Å². The molecule has 172 valence electrons. The van der Waals surface area contributed by atoms with Crippen LogP contribution in [0.15, 0.2) is 41.8 Å². The highest BCUT2D eigenvalue weighted by Crippen LogP contribution is 2.28. The van der Waals surface area contributed by atoms with Gasteiger partial charge in [0.2, 0.25) is 5.95 Å². The van der Waals surface area contributed by atoms with Crippen molar-refractivity contribution in [2.45, 2.75) is 39.3 Å². The van der Waals surface area contributed by atoms with E-state index < -0.39 is 23.2 Å². The SMILES string of the molecule is CC(C(=O)OC(C)(C)C)n1cnn2cc(-c3nc(Nc4ccnn4C)ncc3Cl)cc2c1=O. The van der Waals surface area contributed by atoms with Gasteiger partial charge in [0, 0.05) is 24.9 Å². The van der Waals surface area contributed by atoms with Crippen molar-refractivity contribution in [2.24, 2.45) is 7.05 Å². The van der Waals surface area contributed by atoms with Gasteiger partial charge in [-0.25, -0.2) is 19.3 Å². The molecule has 0 radical (unpaired) electrons. The average Bonchev–Trinajstić information content (AvgIpc) is 3.35. The zero-order chi connectivity index (χ0) is 23.9. The van der Waals surface area contributed by atoms with Crippen LogP contribution in [0.1, 0.15) is 33.7 Å². The lowest BCUT2D eigenvalue weighted by atomic mass is 10.2. The number of anilines is 2. The number of nitrogens with one attached hydrogen (secondary N) is 1. The topological polar surface area (TPSA) is 121 Å². The molecule has 0 aliphatic heterocycles. The van der Waals surface area contributed by atoms with Gasteiger partial charge >= 0.3 is 5.97 Å². The second-order valence-corrected chi connectivity index (χ2v) is 8.87. The van der Waals surface area contributed by atoms with Crippen LogP contribution in [0.2, 0.25) is 5.02 Å². The highest BCUT2D eigenvalue weighted by Gasteiger charge is 2.25. The summed E-state index contributed by atoms with van der Waals surface area (Å²) in [6.07, 6.45) is 6.07. The summed E-state index contributed by atoms with van der Waals surface area (Å²) in [7, 11) is 1.79. The van der Waals surface area contributed by atoms with Gasteiger partial charge in [-0.2, -0.15) is 10.2 Å². The van der Waals surface area contributed by atoms with Crippen LogP contribution in [0.5, 0.6) is 0 Å². The van der Waals surface area contributed by atoms with Gasteiger partial charge in [-0.3, -0.25) is 14.0 Å². The maximum Gasteiger partial charge on any atom is 0.329 e. The molecule has 1 atom stereocenters. The molecule has 0 spiro atoms. The summed E-state index contributed by atoms with van der Waals surface area (Å²) in [6, 6.07) is 2.56. The molecule has 0 aliphatic rings. The van der Waals surface area contributed by atoms with Crippen molar-refractivity contribution >= 4 is 34.9 Å². The standard InChI is InChI=1S/C21H23ClN8O3/c1-12(19(32)33-21(2,3)4)29-11-25-30-10-13(8-15(30)18(29)31)17-14(22)9-23-20(27-17)26-16-6-7-24-28(16)5/h6-12H,1-5H3,(H,23,26,27). The number of hydrogen-bond acceptors (Lipinski definition) is 8. The highest BCUT2D eigenvalue weighted by molar-refractivity contribution is 6.32. The molecule has 12 heteroatoms. The number of hydrogen-bond donors (Lipinski definition) is 1. The van der Waals surface area contributed by atoms with Crippen molar-refractivity contribution in [1.82, 2.24) is 33.9 Å². The van der Waals surface area contributed by atoms with Crippen LogP contribution >= 0.6 is 11.6 Å². The Morgan fingerprint density at radius 2 is 2.03 bits per heavy atom. The summed E-state index contributed by atoms with van der Waals surface area (Å²) < 4.78 is 9.70. The monoisotopic (exact) mass is 470 g/mol. The van der Waals surface area contributed by atoms with Crippen molar-refractivity contribution in [3.63, 3.8) is 0 Å². The maximum atomic E-state index is 13.1. The van der Waals surface area contributed by atoms with Gasteiger partial charge < -0.3 is 10.1 Å². The predicted molar refractivity (Wildman–Crippen MR) is 123 cm³/mol. The molecule has 4 aromatic heterocycles. The van der Waals surface area contributed by atoms with Gasteiger partial charge in [-0.1, -0.05) is 11.6 Å². The van der Waals surface area contributed by atoms with Crippen molar-refractivity contribution in [2.75, 3.05) is 5.32 Å². The number of ether oxygens (including phenoxy) is 1. The van der Waals surface area contributed by atoms with E-state index >= 15 is 0 Å². The molecule has 4 heterocycles. The second-order valence-electron chi connectivity index (χ2n) is 8.47. The van der Waals surface area contributed by atoms with E-state index in [1.54, 1.807) is 64.0 Å². The first kappa shape index (κ1) is 22.5. The predicted octanol–water partition coefficient (Wildman–Crippen LogP) is 2.99. The van der Waals surface area contributed by atoms with E-state index in [-0.39, 0.29) is 5.52 Å². The number of aryl methyl sites for hydroxylation is 1. The molecule has 0 bridgehead atoms. The molecule has 1 unspecified atom stereocenters. The number of carbonyl (C=O) groups excluding carboxylic acids is 1. The molecule has 0 saturated heterocycles. The molecule has 0 saturated carbocycles. The van der Waals surface area contributed by atoms with Crippen molar-refractivity contribution in [3.05, 3.63) is 52.4 Å². The number of nitrogens with zero attached hydrogens (tertiary/aromatic N) is 7. The Balaban J connectivity index is 1.70. The Kier molecular flexibility index (Phi) is 5.66. The van der Waals surface area contributed by atoms with E-state index in [0.29, 0.717) is 28.0 Å². The lowest BCUT2D eigenvalue weighted by Gasteiger charge is -2.22. The smallest absolute Gasteiger partial charge is 0.329 e. The third-order valence-electron chi connectivity index (χ3n) is 4.80. The molecule has 0 aromatic carbocycles. The van der Waals surface area contributed by atoms with Gasteiger partial charge in [0.25, 0.3) is 5.56 Å². The number of esters is 1. The van der Waals surface area contributed by atoms with Crippen LogP contribution in [0, 0.1) is 0 Å². The molecule has 4 aromatic rings. The number of carbonyl (C=O) groups is 1. The van der Waals surface area contributed by atoms with Crippen molar-refractivity contribution in [3.8, 4) is 11.3 Å². The average molecular weight is 471 g/mol. The quantitative estimate of drug-likeness (QED) is 0.442. The molecule has 0 amide bonds. The van der Waals surface area contributed by atoms with Crippen LogP contribution in [-0.2, 0) is 16.6 Å². The third kappa shape index (κ3) is 4.58. The second kappa shape index (κ2) is 8.32. The summed E-state index contributed by atoms with van der Waals surface area (Å²) in [6.45, 7) is 6.90. The van der Waals surface area contributed by atoms with Gasteiger partial charge in [0.15, 0.2) is 0 Å². The van der Waals surface area contributed by atoms with Gasteiger partial charge in [0.1, 0.15) is 29.3 Å².